The predicted molar refractivity (Wildman–Crippen MR) is 117 cm³/mol. The summed E-state index contributed by atoms with van der Waals surface area (Å²) in [5, 5.41) is 0. The molecule has 0 fully saturated rings. The zero-order chi connectivity index (χ0) is 20.4. The van der Waals surface area contributed by atoms with Crippen LogP contribution in [0.5, 0.6) is 5.75 Å². The maximum atomic E-state index is 12.9. The van der Waals surface area contributed by atoms with Crippen molar-refractivity contribution in [2.75, 3.05) is 6.54 Å². The van der Waals surface area contributed by atoms with Gasteiger partial charge in [0.2, 0.25) is 0 Å². The van der Waals surface area contributed by atoms with Gasteiger partial charge in [0, 0.05) is 13.1 Å². The van der Waals surface area contributed by atoms with E-state index in [-0.39, 0.29) is 5.91 Å². The number of aryl methyl sites for hydroxylation is 2. The van der Waals surface area contributed by atoms with E-state index < -0.39 is 6.10 Å². The zero-order valence-electron chi connectivity index (χ0n) is 17.3. The summed E-state index contributed by atoms with van der Waals surface area (Å²) < 4.78 is 6.07. The first-order valence-corrected chi connectivity index (χ1v) is 10.2. The standard InChI is InChI=1S/C26H27NO2/c1-18-8-10-22(11-9-18)23-12-13-25(19(2)16-23)29-20(3)26(28)27-15-14-21-6-4-5-7-24(21)17-27/h4-13,16,20H,14-15,17H2,1-3H3/t20-/m0/s1. The highest BCUT2D eigenvalue weighted by molar-refractivity contribution is 5.81. The van der Waals surface area contributed by atoms with Crippen LogP contribution in [0.2, 0.25) is 0 Å². The second-order valence-electron chi connectivity index (χ2n) is 7.88. The molecule has 0 saturated carbocycles. The Morgan fingerprint density at radius 1 is 0.931 bits per heavy atom. The Morgan fingerprint density at radius 3 is 2.34 bits per heavy atom. The minimum Gasteiger partial charge on any atom is -0.481 e. The number of carbonyl (C=O) groups excluding carboxylic acids is 1. The van der Waals surface area contributed by atoms with Crippen molar-refractivity contribution in [2.45, 2.75) is 39.8 Å². The van der Waals surface area contributed by atoms with Crippen molar-refractivity contribution in [3.8, 4) is 16.9 Å². The van der Waals surface area contributed by atoms with E-state index >= 15 is 0 Å². The minimum atomic E-state index is -0.510. The van der Waals surface area contributed by atoms with Crippen molar-refractivity contribution >= 4 is 5.91 Å². The van der Waals surface area contributed by atoms with Gasteiger partial charge in [-0.05, 0) is 67.1 Å². The lowest BCUT2D eigenvalue weighted by atomic mass is 9.99. The van der Waals surface area contributed by atoms with Crippen LogP contribution in [-0.4, -0.2) is 23.5 Å². The number of fused-ring (bicyclic) bond motifs is 1. The van der Waals surface area contributed by atoms with Gasteiger partial charge in [0.25, 0.3) is 5.91 Å². The number of amides is 1. The number of ether oxygens (including phenoxy) is 1. The third-order valence-electron chi connectivity index (χ3n) is 5.65. The van der Waals surface area contributed by atoms with Crippen LogP contribution in [0.25, 0.3) is 11.1 Å². The first-order valence-electron chi connectivity index (χ1n) is 10.2. The molecule has 3 aromatic carbocycles. The fourth-order valence-electron chi connectivity index (χ4n) is 3.89. The maximum absolute atomic E-state index is 12.9. The molecule has 0 aliphatic carbocycles. The monoisotopic (exact) mass is 385 g/mol. The van der Waals surface area contributed by atoms with Crippen molar-refractivity contribution < 1.29 is 9.53 Å². The molecule has 1 aliphatic heterocycles. The highest BCUT2D eigenvalue weighted by Crippen LogP contribution is 2.28. The molecule has 0 N–H and O–H groups in total. The highest BCUT2D eigenvalue weighted by Gasteiger charge is 2.26. The Kier molecular flexibility index (Phi) is 5.39. The number of benzene rings is 3. The molecule has 1 aliphatic rings. The maximum Gasteiger partial charge on any atom is 0.263 e. The van der Waals surface area contributed by atoms with Crippen molar-refractivity contribution in [1.29, 1.82) is 0 Å². The number of carbonyl (C=O) groups is 1. The topological polar surface area (TPSA) is 29.5 Å². The third-order valence-corrected chi connectivity index (χ3v) is 5.65. The quantitative estimate of drug-likeness (QED) is 0.608. The van der Waals surface area contributed by atoms with E-state index in [1.807, 2.05) is 30.9 Å². The van der Waals surface area contributed by atoms with E-state index in [1.54, 1.807) is 0 Å². The number of rotatable bonds is 4. The first-order chi connectivity index (χ1) is 14.0. The van der Waals surface area contributed by atoms with E-state index in [9.17, 15) is 4.79 Å². The van der Waals surface area contributed by atoms with E-state index in [2.05, 4.69) is 61.5 Å². The third kappa shape index (κ3) is 4.19. The average Bonchev–Trinajstić information content (AvgIpc) is 2.74. The molecule has 0 aromatic heterocycles. The number of hydrogen-bond acceptors (Lipinski definition) is 2. The van der Waals surface area contributed by atoms with Gasteiger partial charge in [0.15, 0.2) is 6.10 Å². The first kappa shape index (κ1) is 19.3. The smallest absolute Gasteiger partial charge is 0.263 e. The Labute approximate surface area is 172 Å². The van der Waals surface area contributed by atoms with Crippen LogP contribution >= 0.6 is 0 Å². The fraction of sp³-hybridized carbons (Fsp3) is 0.269. The lowest BCUT2D eigenvalue weighted by Gasteiger charge is -2.31. The second-order valence-corrected chi connectivity index (χ2v) is 7.88. The molecule has 3 nitrogen and oxygen atoms in total. The van der Waals surface area contributed by atoms with Gasteiger partial charge in [0.1, 0.15) is 5.75 Å². The zero-order valence-corrected chi connectivity index (χ0v) is 17.3. The van der Waals surface area contributed by atoms with Crippen LogP contribution in [0, 0.1) is 13.8 Å². The SMILES string of the molecule is Cc1ccc(-c2ccc(O[C@@H](C)C(=O)N3CCc4ccccc4C3)c(C)c2)cc1. The van der Waals surface area contributed by atoms with Gasteiger partial charge in [-0.2, -0.15) is 0 Å². The number of nitrogens with zero attached hydrogens (tertiary/aromatic N) is 1. The van der Waals surface area contributed by atoms with Crippen LogP contribution in [0.3, 0.4) is 0 Å². The molecule has 3 aromatic rings. The summed E-state index contributed by atoms with van der Waals surface area (Å²) in [5.74, 6) is 0.806. The van der Waals surface area contributed by atoms with Crippen molar-refractivity contribution in [1.82, 2.24) is 4.90 Å². The highest BCUT2D eigenvalue weighted by atomic mass is 16.5. The van der Waals surface area contributed by atoms with Gasteiger partial charge in [-0.1, -0.05) is 60.2 Å². The lowest BCUT2D eigenvalue weighted by molar-refractivity contribution is -0.138. The second kappa shape index (κ2) is 8.12. The molecule has 148 valence electrons. The van der Waals surface area contributed by atoms with E-state index in [0.717, 1.165) is 29.8 Å². The molecule has 0 saturated heterocycles. The summed E-state index contributed by atoms with van der Waals surface area (Å²) in [6.07, 6.45) is 0.392. The largest absolute Gasteiger partial charge is 0.481 e. The molecule has 0 radical (unpaired) electrons. The van der Waals surface area contributed by atoms with Gasteiger partial charge in [-0.3, -0.25) is 4.79 Å². The van der Waals surface area contributed by atoms with Crippen LogP contribution in [-0.2, 0) is 17.8 Å². The molecule has 4 rings (SSSR count). The van der Waals surface area contributed by atoms with Crippen molar-refractivity contribution in [3.63, 3.8) is 0 Å². The Balaban J connectivity index is 1.45. The van der Waals surface area contributed by atoms with Gasteiger partial charge in [-0.15, -0.1) is 0 Å². The Bertz CT molecular complexity index is 1020. The van der Waals surface area contributed by atoms with Crippen LogP contribution in [0.1, 0.15) is 29.2 Å². The summed E-state index contributed by atoms with van der Waals surface area (Å²) in [5.41, 5.74) is 7.19. The summed E-state index contributed by atoms with van der Waals surface area (Å²) in [7, 11) is 0. The van der Waals surface area contributed by atoms with Crippen molar-refractivity contribution in [3.05, 3.63) is 89.0 Å². The molecule has 0 spiro atoms. The van der Waals surface area contributed by atoms with Gasteiger partial charge >= 0.3 is 0 Å². The van der Waals surface area contributed by atoms with Crippen LogP contribution < -0.4 is 4.74 Å². The molecular weight excluding hydrogens is 358 g/mol. The van der Waals surface area contributed by atoms with Gasteiger partial charge in [0.05, 0.1) is 0 Å². The molecule has 1 atom stereocenters. The summed E-state index contributed by atoms with van der Waals surface area (Å²) in [6.45, 7) is 7.37. The van der Waals surface area contributed by atoms with Crippen LogP contribution in [0.4, 0.5) is 0 Å². The average molecular weight is 386 g/mol. The molecule has 0 unspecified atom stereocenters. The number of hydrogen-bond donors (Lipinski definition) is 0. The summed E-state index contributed by atoms with van der Waals surface area (Å²) in [4.78, 5) is 14.9. The summed E-state index contributed by atoms with van der Waals surface area (Å²) in [6, 6.07) is 23.0. The van der Waals surface area contributed by atoms with E-state index in [4.69, 9.17) is 4.74 Å². The van der Waals surface area contributed by atoms with Crippen LogP contribution in [0.15, 0.2) is 66.7 Å². The van der Waals surface area contributed by atoms with E-state index in [1.165, 1.54) is 22.3 Å². The Hall–Kier alpha value is -3.07. The fourth-order valence-corrected chi connectivity index (χ4v) is 3.89. The minimum absolute atomic E-state index is 0.0431. The molecular formula is C26H27NO2. The van der Waals surface area contributed by atoms with Gasteiger partial charge < -0.3 is 9.64 Å². The molecule has 3 heteroatoms. The normalized spacial score (nSPS) is 14.2. The molecule has 1 heterocycles. The Morgan fingerprint density at radius 2 is 1.62 bits per heavy atom. The van der Waals surface area contributed by atoms with Gasteiger partial charge in [-0.25, -0.2) is 0 Å². The predicted octanol–water partition coefficient (Wildman–Crippen LogP) is 5.32. The summed E-state index contributed by atoms with van der Waals surface area (Å²) >= 11 is 0. The molecule has 0 bridgehead atoms. The van der Waals surface area contributed by atoms with Crippen molar-refractivity contribution in [2.24, 2.45) is 0 Å². The van der Waals surface area contributed by atoms with E-state index in [0.29, 0.717) is 6.54 Å². The lowest BCUT2D eigenvalue weighted by Crippen LogP contribution is -2.43. The molecule has 29 heavy (non-hydrogen) atoms. The molecule has 1 amide bonds.